The lowest BCUT2D eigenvalue weighted by Crippen LogP contribution is -2.38. The number of rotatable bonds is 3. The molecule has 0 spiro atoms. The van der Waals surface area contributed by atoms with Gasteiger partial charge in [0.05, 0.1) is 0 Å². The first-order chi connectivity index (χ1) is 6.75. The lowest BCUT2D eigenvalue weighted by Gasteiger charge is -2.22. The van der Waals surface area contributed by atoms with Crippen molar-refractivity contribution in [3.63, 3.8) is 0 Å². The molecule has 2 heterocycles. The summed E-state index contributed by atoms with van der Waals surface area (Å²) in [5.41, 5.74) is 0. The zero-order chi connectivity index (χ0) is 9.97. The van der Waals surface area contributed by atoms with Gasteiger partial charge in [-0.15, -0.1) is 0 Å². The van der Waals surface area contributed by atoms with Gasteiger partial charge in [-0.05, 0) is 46.4 Å². The fourth-order valence-corrected chi connectivity index (χ4v) is 2.62. The van der Waals surface area contributed by atoms with Gasteiger partial charge in [0.2, 0.25) is 0 Å². The van der Waals surface area contributed by atoms with Crippen LogP contribution in [0.2, 0.25) is 0 Å². The van der Waals surface area contributed by atoms with E-state index in [1.165, 1.54) is 45.4 Å². The zero-order valence-corrected chi connectivity index (χ0v) is 9.50. The average molecular weight is 197 g/mol. The second kappa shape index (κ2) is 4.60. The zero-order valence-electron chi connectivity index (χ0n) is 9.50. The number of likely N-dealkylation sites (tertiary alicyclic amines) is 1. The summed E-state index contributed by atoms with van der Waals surface area (Å²) >= 11 is 0. The van der Waals surface area contributed by atoms with E-state index in [0.29, 0.717) is 0 Å². The molecule has 2 saturated heterocycles. The van der Waals surface area contributed by atoms with E-state index in [1.807, 2.05) is 0 Å². The highest BCUT2D eigenvalue weighted by Crippen LogP contribution is 2.15. The van der Waals surface area contributed by atoms with Gasteiger partial charge >= 0.3 is 0 Å². The van der Waals surface area contributed by atoms with Crippen LogP contribution in [0.5, 0.6) is 0 Å². The molecular formula is C11H23N3. The summed E-state index contributed by atoms with van der Waals surface area (Å²) in [7, 11) is 4.39. The van der Waals surface area contributed by atoms with E-state index in [4.69, 9.17) is 0 Å². The normalized spacial score (nSPS) is 34.5. The number of likely N-dealkylation sites (N-methyl/N-ethyl adjacent to an activating group) is 1. The molecule has 3 heteroatoms. The molecule has 3 nitrogen and oxygen atoms in total. The summed E-state index contributed by atoms with van der Waals surface area (Å²) in [5, 5.41) is 3.57. The van der Waals surface area contributed by atoms with Crippen molar-refractivity contribution in [2.24, 2.45) is 0 Å². The molecule has 0 aromatic carbocycles. The van der Waals surface area contributed by atoms with E-state index in [-0.39, 0.29) is 0 Å². The Bertz CT molecular complexity index is 175. The van der Waals surface area contributed by atoms with Crippen molar-refractivity contribution < 1.29 is 0 Å². The Morgan fingerprint density at radius 1 is 1.36 bits per heavy atom. The van der Waals surface area contributed by atoms with E-state index in [9.17, 15) is 0 Å². The lowest BCUT2D eigenvalue weighted by atomic mass is 10.2. The van der Waals surface area contributed by atoms with Crippen LogP contribution in [0.25, 0.3) is 0 Å². The first-order valence-electron chi connectivity index (χ1n) is 5.88. The summed E-state index contributed by atoms with van der Waals surface area (Å²) in [5.74, 6) is 0. The predicted octanol–water partition coefficient (Wildman–Crippen LogP) is 0.374. The molecule has 14 heavy (non-hydrogen) atoms. The van der Waals surface area contributed by atoms with Gasteiger partial charge in [-0.25, -0.2) is 0 Å². The minimum Gasteiger partial charge on any atom is -0.313 e. The molecule has 0 amide bonds. The van der Waals surface area contributed by atoms with Gasteiger partial charge in [-0.2, -0.15) is 0 Å². The second-order valence-electron chi connectivity index (χ2n) is 4.96. The van der Waals surface area contributed by atoms with E-state index < -0.39 is 0 Å². The minimum absolute atomic E-state index is 0.774. The van der Waals surface area contributed by atoms with Crippen molar-refractivity contribution in [2.75, 3.05) is 40.3 Å². The average Bonchev–Trinajstić information content (AvgIpc) is 2.75. The minimum atomic E-state index is 0.774. The Kier molecular flexibility index (Phi) is 3.42. The first kappa shape index (κ1) is 10.4. The quantitative estimate of drug-likeness (QED) is 0.705. The Labute approximate surface area is 87.4 Å². The molecule has 0 aromatic rings. The van der Waals surface area contributed by atoms with Crippen LogP contribution in [0, 0.1) is 0 Å². The monoisotopic (exact) mass is 197 g/mol. The molecule has 82 valence electrons. The predicted molar refractivity (Wildman–Crippen MR) is 59.6 cm³/mol. The smallest absolute Gasteiger partial charge is 0.0229 e. The number of nitrogens with zero attached hydrogens (tertiary/aromatic N) is 2. The molecule has 0 aliphatic carbocycles. The van der Waals surface area contributed by atoms with E-state index in [1.54, 1.807) is 0 Å². The van der Waals surface area contributed by atoms with E-state index >= 15 is 0 Å². The number of hydrogen-bond acceptors (Lipinski definition) is 3. The molecule has 2 aliphatic heterocycles. The second-order valence-corrected chi connectivity index (χ2v) is 4.96. The maximum Gasteiger partial charge on any atom is 0.0229 e. The van der Waals surface area contributed by atoms with Crippen molar-refractivity contribution in [3.8, 4) is 0 Å². The summed E-state index contributed by atoms with van der Waals surface area (Å²) in [4.78, 5) is 4.98. The Balaban J connectivity index is 1.72. The summed E-state index contributed by atoms with van der Waals surface area (Å²) in [6.45, 7) is 5.06. The van der Waals surface area contributed by atoms with Crippen LogP contribution >= 0.6 is 0 Å². The molecule has 0 saturated carbocycles. The summed E-state index contributed by atoms with van der Waals surface area (Å²) < 4.78 is 0. The van der Waals surface area contributed by atoms with Crippen molar-refractivity contribution in [2.45, 2.75) is 31.3 Å². The molecule has 2 rings (SSSR count). The van der Waals surface area contributed by atoms with Crippen molar-refractivity contribution in [1.29, 1.82) is 0 Å². The fraction of sp³-hybridized carbons (Fsp3) is 1.00. The largest absolute Gasteiger partial charge is 0.313 e. The Morgan fingerprint density at radius 2 is 2.21 bits per heavy atom. The van der Waals surface area contributed by atoms with Crippen molar-refractivity contribution in [3.05, 3.63) is 0 Å². The molecule has 1 unspecified atom stereocenters. The van der Waals surface area contributed by atoms with Crippen LogP contribution in [0.1, 0.15) is 19.3 Å². The molecule has 0 bridgehead atoms. The standard InChI is InChI=1S/C11H23N3/c1-13(2)11-5-7-14(9-11)8-10-4-3-6-12-10/h10-12H,3-9H2,1-2H3/t10-,11?/m1/s1. The highest BCUT2D eigenvalue weighted by molar-refractivity contribution is 4.85. The first-order valence-corrected chi connectivity index (χ1v) is 5.88. The van der Waals surface area contributed by atoms with Crippen LogP contribution < -0.4 is 5.32 Å². The fourth-order valence-electron chi connectivity index (χ4n) is 2.62. The van der Waals surface area contributed by atoms with E-state index in [0.717, 1.165) is 12.1 Å². The third-order valence-electron chi connectivity index (χ3n) is 3.62. The molecule has 2 aliphatic rings. The van der Waals surface area contributed by atoms with Crippen LogP contribution in [-0.2, 0) is 0 Å². The van der Waals surface area contributed by atoms with Gasteiger partial charge in [0, 0.05) is 25.2 Å². The highest BCUT2D eigenvalue weighted by atomic mass is 15.2. The molecule has 0 aromatic heterocycles. The van der Waals surface area contributed by atoms with Gasteiger partial charge in [0.1, 0.15) is 0 Å². The van der Waals surface area contributed by atoms with Crippen molar-refractivity contribution >= 4 is 0 Å². The van der Waals surface area contributed by atoms with Gasteiger partial charge in [0.15, 0.2) is 0 Å². The highest BCUT2D eigenvalue weighted by Gasteiger charge is 2.26. The molecule has 0 radical (unpaired) electrons. The molecular weight excluding hydrogens is 174 g/mol. The molecule has 2 atom stereocenters. The summed E-state index contributed by atoms with van der Waals surface area (Å²) in [6, 6.07) is 1.56. The maximum atomic E-state index is 3.57. The lowest BCUT2D eigenvalue weighted by molar-refractivity contribution is 0.255. The van der Waals surface area contributed by atoms with Gasteiger partial charge in [-0.3, -0.25) is 0 Å². The van der Waals surface area contributed by atoms with E-state index in [2.05, 4.69) is 29.2 Å². The van der Waals surface area contributed by atoms with Gasteiger partial charge in [0.25, 0.3) is 0 Å². The topological polar surface area (TPSA) is 18.5 Å². The summed E-state index contributed by atoms with van der Waals surface area (Å²) in [6.07, 6.45) is 4.10. The third kappa shape index (κ3) is 2.47. The number of nitrogens with one attached hydrogen (secondary N) is 1. The van der Waals surface area contributed by atoms with Crippen LogP contribution in [0.3, 0.4) is 0 Å². The number of hydrogen-bond donors (Lipinski definition) is 1. The SMILES string of the molecule is CN(C)C1CCN(C[C@H]2CCCN2)C1. The third-order valence-corrected chi connectivity index (χ3v) is 3.62. The van der Waals surface area contributed by atoms with Crippen LogP contribution in [0.4, 0.5) is 0 Å². The Hall–Kier alpha value is -0.120. The Morgan fingerprint density at radius 3 is 2.79 bits per heavy atom. The van der Waals surface area contributed by atoms with Gasteiger partial charge in [-0.1, -0.05) is 0 Å². The van der Waals surface area contributed by atoms with Crippen molar-refractivity contribution in [1.82, 2.24) is 15.1 Å². The molecule has 2 fully saturated rings. The maximum absolute atomic E-state index is 3.57. The van der Waals surface area contributed by atoms with Crippen LogP contribution in [0.15, 0.2) is 0 Å². The molecule has 1 N–H and O–H groups in total. The van der Waals surface area contributed by atoms with Gasteiger partial charge < -0.3 is 15.1 Å². The van der Waals surface area contributed by atoms with Crippen LogP contribution in [-0.4, -0.2) is 62.2 Å².